The number of carbonyl (C=O) groups is 1. The first-order valence-corrected chi connectivity index (χ1v) is 15.3. The van der Waals surface area contributed by atoms with Gasteiger partial charge in [0.05, 0.1) is 17.5 Å². The first-order valence-electron chi connectivity index (χ1n) is 14.1. The average Bonchev–Trinajstić information content (AvgIpc) is 2.95. The molecule has 3 heterocycles. The molecular weight excluding hydrogens is 515 g/mol. The minimum atomic E-state index is -0.587. The highest BCUT2D eigenvalue weighted by atomic mass is 32.2. The normalized spacial score (nSPS) is 21.9. The van der Waals surface area contributed by atoms with E-state index < -0.39 is 11.4 Å². The van der Waals surface area contributed by atoms with Crippen LogP contribution in [-0.4, -0.2) is 37.6 Å². The molecule has 5 rings (SSSR count). The third kappa shape index (κ3) is 5.69. The Bertz CT molecular complexity index is 1430. The molecule has 1 saturated heterocycles. The molecule has 9 heteroatoms. The van der Waals surface area contributed by atoms with Crippen LogP contribution in [0.15, 0.2) is 52.2 Å². The maximum Gasteiger partial charge on any atom is 0.333 e. The molecule has 1 aromatic carbocycles. The van der Waals surface area contributed by atoms with Crippen molar-refractivity contribution in [2.45, 2.75) is 82.8 Å². The molecule has 0 bridgehead atoms. The SMILES string of the molecule is CCC(C)C(C(=O)N[C@H]1CC[C@@H](n2c(=O)c3cc(F)cnc3n(C3CCSCC3)c2=O)CC1)c1ccccc1. The second-order valence-electron chi connectivity index (χ2n) is 11.0. The molecule has 1 N–H and O–H groups in total. The molecule has 2 fully saturated rings. The van der Waals surface area contributed by atoms with Crippen LogP contribution >= 0.6 is 11.8 Å². The first-order chi connectivity index (χ1) is 18.9. The predicted molar refractivity (Wildman–Crippen MR) is 154 cm³/mol. The van der Waals surface area contributed by atoms with E-state index in [4.69, 9.17) is 0 Å². The van der Waals surface area contributed by atoms with Crippen LogP contribution in [0.25, 0.3) is 11.0 Å². The van der Waals surface area contributed by atoms with E-state index in [-0.39, 0.29) is 52.6 Å². The molecule has 1 aliphatic carbocycles. The molecule has 0 radical (unpaired) electrons. The third-order valence-electron chi connectivity index (χ3n) is 8.54. The quantitative estimate of drug-likeness (QED) is 0.436. The summed E-state index contributed by atoms with van der Waals surface area (Å²) in [6.07, 6.45) is 6.13. The summed E-state index contributed by atoms with van der Waals surface area (Å²) in [6.45, 7) is 4.20. The first kappa shape index (κ1) is 27.6. The number of carbonyl (C=O) groups excluding carboxylic acids is 1. The minimum absolute atomic E-state index is 0.0168. The molecule has 39 heavy (non-hydrogen) atoms. The number of hydrogen-bond donors (Lipinski definition) is 1. The Morgan fingerprint density at radius 2 is 1.72 bits per heavy atom. The van der Waals surface area contributed by atoms with Crippen molar-refractivity contribution in [3.05, 3.63) is 74.8 Å². The Balaban J connectivity index is 1.38. The van der Waals surface area contributed by atoms with Crippen molar-refractivity contribution in [1.29, 1.82) is 0 Å². The van der Waals surface area contributed by atoms with Gasteiger partial charge in [-0.1, -0.05) is 50.6 Å². The van der Waals surface area contributed by atoms with Gasteiger partial charge in [0, 0.05) is 18.1 Å². The highest BCUT2D eigenvalue weighted by molar-refractivity contribution is 7.99. The van der Waals surface area contributed by atoms with E-state index in [1.165, 1.54) is 10.6 Å². The molecule has 208 valence electrons. The molecule has 2 aliphatic rings. The van der Waals surface area contributed by atoms with Crippen LogP contribution in [0.1, 0.15) is 82.4 Å². The number of pyridine rings is 1. The van der Waals surface area contributed by atoms with Gasteiger partial charge < -0.3 is 5.32 Å². The molecular formula is C30H37FN4O3S. The Kier molecular flexibility index (Phi) is 8.54. The van der Waals surface area contributed by atoms with Gasteiger partial charge in [0.1, 0.15) is 11.5 Å². The van der Waals surface area contributed by atoms with Crippen LogP contribution in [0.3, 0.4) is 0 Å². The molecule has 3 aromatic rings. The van der Waals surface area contributed by atoms with Gasteiger partial charge in [-0.3, -0.25) is 18.7 Å². The Morgan fingerprint density at radius 1 is 1.05 bits per heavy atom. The molecule has 2 aromatic heterocycles. The summed E-state index contributed by atoms with van der Waals surface area (Å²) >= 11 is 1.85. The number of nitrogens with zero attached hydrogens (tertiary/aromatic N) is 3. The van der Waals surface area contributed by atoms with E-state index in [2.05, 4.69) is 24.1 Å². The van der Waals surface area contributed by atoms with Crippen molar-refractivity contribution < 1.29 is 9.18 Å². The lowest BCUT2D eigenvalue weighted by Crippen LogP contribution is -2.47. The van der Waals surface area contributed by atoms with Crippen molar-refractivity contribution in [3.8, 4) is 0 Å². The maximum absolute atomic E-state index is 14.2. The van der Waals surface area contributed by atoms with Crippen molar-refractivity contribution in [3.63, 3.8) is 0 Å². The standard InChI is InChI=1S/C30H37FN4O3S/c1-3-19(2)26(20-7-5-4-6-8-20)28(36)33-22-9-11-23(12-10-22)35-29(37)25-17-21(31)18-32-27(25)34(30(35)38)24-13-15-39-16-14-24/h4-8,17-19,22-24,26H,3,9-16H2,1-2H3,(H,33,36)/t19?,22-,23+,26?. The minimum Gasteiger partial charge on any atom is -0.353 e. The number of halogens is 1. The van der Waals surface area contributed by atoms with Crippen molar-refractivity contribution in [2.75, 3.05) is 11.5 Å². The fourth-order valence-electron chi connectivity index (χ4n) is 6.20. The summed E-state index contributed by atoms with van der Waals surface area (Å²) in [5.74, 6) is 1.29. The molecule has 0 spiro atoms. The lowest BCUT2D eigenvalue weighted by molar-refractivity contribution is -0.124. The summed E-state index contributed by atoms with van der Waals surface area (Å²) in [7, 11) is 0. The maximum atomic E-state index is 14.2. The number of hydrogen-bond acceptors (Lipinski definition) is 5. The average molecular weight is 553 g/mol. The molecule has 7 nitrogen and oxygen atoms in total. The summed E-state index contributed by atoms with van der Waals surface area (Å²) < 4.78 is 17.1. The van der Waals surface area contributed by atoms with Gasteiger partial charge in [-0.2, -0.15) is 11.8 Å². The fraction of sp³-hybridized carbons (Fsp3) is 0.533. The van der Waals surface area contributed by atoms with Crippen molar-refractivity contribution in [1.82, 2.24) is 19.4 Å². The molecule has 1 amide bonds. The number of nitrogens with one attached hydrogen (secondary N) is 1. The fourth-order valence-corrected chi connectivity index (χ4v) is 7.28. The van der Waals surface area contributed by atoms with E-state index in [1.807, 2.05) is 42.1 Å². The zero-order valence-electron chi connectivity index (χ0n) is 22.6. The summed E-state index contributed by atoms with van der Waals surface area (Å²) in [5.41, 5.74) is 0.467. The van der Waals surface area contributed by atoms with Gasteiger partial charge >= 0.3 is 5.69 Å². The van der Waals surface area contributed by atoms with Gasteiger partial charge in [-0.05, 0) is 67.6 Å². The Hall–Kier alpha value is -2.94. The number of aromatic nitrogens is 3. The zero-order valence-corrected chi connectivity index (χ0v) is 23.5. The smallest absolute Gasteiger partial charge is 0.333 e. The van der Waals surface area contributed by atoms with E-state index in [1.54, 1.807) is 4.57 Å². The number of rotatable bonds is 7. The number of amides is 1. The summed E-state index contributed by atoms with van der Waals surface area (Å²) in [5, 5.41) is 3.42. The second kappa shape index (κ2) is 12.1. The van der Waals surface area contributed by atoms with Gasteiger partial charge in [0.25, 0.3) is 5.56 Å². The Morgan fingerprint density at radius 3 is 2.38 bits per heavy atom. The highest BCUT2D eigenvalue weighted by Crippen LogP contribution is 2.32. The topological polar surface area (TPSA) is 86.0 Å². The number of benzene rings is 1. The number of fused-ring (bicyclic) bond motifs is 1. The molecule has 2 atom stereocenters. The summed E-state index contributed by atoms with van der Waals surface area (Å²) in [6, 6.07) is 10.7. The van der Waals surface area contributed by atoms with Crippen LogP contribution in [0.4, 0.5) is 4.39 Å². The van der Waals surface area contributed by atoms with Crippen molar-refractivity contribution >= 4 is 28.7 Å². The van der Waals surface area contributed by atoms with E-state index >= 15 is 0 Å². The van der Waals surface area contributed by atoms with Gasteiger partial charge in [-0.25, -0.2) is 14.2 Å². The van der Waals surface area contributed by atoms with Crippen LogP contribution < -0.4 is 16.6 Å². The van der Waals surface area contributed by atoms with Gasteiger partial charge in [0.2, 0.25) is 5.91 Å². The zero-order chi connectivity index (χ0) is 27.5. The number of thioether (sulfide) groups is 1. The predicted octanol–water partition coefficient (Wildman–Crippen LogP) is 5.20. The van der Waals surface area contributed by atoms with E-state index in [9.17, 15) is 18.8 Å². The van der Waals surface area contributed by atoms with E-state index in [0.717, 1.165) is 42.5 Å². The molecule has 1 aliphatic heterocycles. The monoisotopic (exact) mass is 552 g/mol. The molecule has 1 saturated carbocycles. The summed E-state index contributed by atoms with van der Waals surface area (Å²) in [4.78, 5) is 44.9. The second-order valence-corrected chi connectivity index (χ2v) is 12.2. The largest absolute Gasteiger partial charge is 0.353 e. The van der Waals surface area contributed by atoms with E-state index in [0.29, 0.717) is 25.7 Å². The van der Waals surface area contributed by atoms with Crippen LogP contribution in [0.2, 0.25) is 0 Å². The lowest BCUT2D eigenvalue weighted by atomic mass is 9.84. The molecule has 2 unspecified atom stereocenters. The van der Waals surface area contributed by atoms with Gasteiger partial charge in [0.15, 0.2) is 0 Å². The van der Waals surface area contributed by atoms with Crippen molar-refractivity contribution in [2.24, 2.45) is 5.92 Å². The van der Waals surface area contributed by atoms with Crippen LogP contribution in [0.5, 0.6) is 0 Å². The highest BCUT2D eigenvalue weighted by Gasteiger charge is 2.32. The van der Waals surface area contributed by atoms with Crippen LogP contribution in [0, 0.1) is 11.7 Å². The third-order valence-corrected chi connectivity index (χ3v) is 9.59. The van der Waals surface area contributed by atoms with Crippen LogP contribution in [-0.2, 0) is 4.79 Å². The lowest BCUT2D eigenvalue weighted by Gasteiger charge is -2.33. The van der Waals surface area contributed by atoms with Gasteiger partial charge in [-0.15, -0.1) is 0 Å². The Labute approximate surface area is 232 Å².